The fourth-order valence-corrected chi connectivity index (χ4v) is 4.78. The Balaban J connectivity index is 1.34. The highest BCUT2D eigenvalue weighted by Gasteiger charge is 2.33. The standard InChI is InChI=1S/C22H31N5O2S/c1-25-10-2-7-20(25)21(28)26-11-13-27(14-12-26)22(24-17-19-6-4-16-30-19)23-9-8-18-5-3-15-29-18/h3-6,15-16,20H,2,7-14,17H2,1H3,(H,23,24). The van der Waals surface area contributed by atoms with E-state index in [2.05, 4.69) is 39.7 Å². The third kappa shape index (κ3) is 5.23. The minimum Gasteiger partial charge on any atom is -0.469 e. The number of guanidine groups is 1. The normalized spacial score (nSPS) is 20.7. The molecule has 2 aromatic rings. The molecule has 30 heavy (non-hydrogen) atoms. The van der Waals surface area contributed by atoms with Crippen LogP contribution >= 0.6 is 11.3 Å². The van der Waals surface area contributed by atoms with Gasteiger partial charge in [0.15, 0.2) is 5.96 Å². The molecule has 2 fully saturated rings. The zero-order valence-electron chi connectivity index (χ0n) is 17.6. The number of furan rings is 1. The van der Waals surface area contributed by atoms with Gasteiger partial charge in [-0.3, -0.25) is 9.69 Å². The molecular weight excluding hydrogens is 398 g/mol. The van der Waals surface area contributed by atoms with E-state index >= 15 is 0 Å². The Morgan fingerprint density at radius 1 is 1.20 bits per heavy atom. The molecule has 2 saturated heterocycles. The van der Waals surface area contributed by atoms with Crippen molar-refractivity contribution in [3.63, 3.8) is 0 Å². The van der Waals surface area contributed by atoms with Gasteiger partial charge in [0.25, 0.3) is 0 Å². The van der Waals surface area contributed by atoms with Gasteiger partial charge >= 0.3 is 0 Å². The molecule has 2 aliphatic heterocycles. The fourth-order valence-electron chi connectivity index (χ4n) is 4.15. The minimum absolute atomic E-state index is 0.0648. The van der Waals surface area contributed by atoms with Crippen LogP contribution in [0.25, 0.3) is 0 Å². The summed E-state index contributed by atoms with van der Waals surface area (Å²) >= 11 is 1.73. The molecule has 7 nitrogen and oxygen atoms in total. The maximum atomic E-state index is 12.9. The van der Waals surface area contributed by atoms with Gasteiger partial charge in [-0.15, -0.1) is 11.3 Å². The van der Waals surface area contributed by atoms with E-state index in [0.29, 0.717) is 6.54 Å². The molecule has 0 aromatic carbocycles. The molecule has 8 heteroatoms. The molecule has 0 aliphatic carbocycles. The van der Waals surface area contributed by atoms with Crippen LogP contribution in [0.15, 0.2) is 45.3 Å². The molecule has 2 aliphatic rings. The van der Waals surface area contributed by atoms with Gasteiger partial charge in [-0.25, -0.2) is 4.99 Å². The van der Waals surface area contributed by atoms with E-state index in [9.17, 15) is 4.79 Å². The summed E-state index contributed by atoms with van der Waals surface area (Å²) in [5, 5.41) is 5.59. The monoisotopic (exact) mass is 429 g/mol. The maximum Gasteiger partial charge on any atom is 0.240 e. The number of aliphatic imine (C=N–C) groups is 1. The summed E-state index contributed by atoms with van der Waals surface area (Å²) in [4.78, 5) is 25.5. The predicted octanol–water partition coefficient (Wildman–Crippen LogP) is 2.27. The summed E-state index contributed by atoms with van der Waals surface area (Å²) in [5.41, 5.74) is 0. The van der Waals surface area contributed by atoms with Gasteiger partial charge < -0.3 is 19.5 Å². The van der Waals surface area contributed by atoms with Crippen LogP contribution in [0.2, 0.25) is 0 Å². The van der Waals surface area contributed by atoms with Crippen molar-refractivity contribution >= 4 is 23.2 Å². The third-order valence-corrected chi connectivity index (χ3v) is 6.76. The Hall–Kier alpha value is -2.32. The molecule has 0 bridgehead atoms. The lowest BCUT2D eigenvalue weighted by atomic mass is 10.1. The lowest BCUT2D eigenvalue weighted by Gasteiger charge is -2.38. The molecule has 4 rings (SSSR count). The number of thiophene rings is 1. The van der Waals surface area contributed by atoms with Crippen molar-refractivity contribution in [1.82, 2.24) is 20.0 Å². The minimum atomic E-state index is 0.0648. The third-order valence-electron chi connectivity index (χ3n) is 5.90. The van der Waals surface area contributed by atoms with E-state index in [0.717, 1.165) is 70.3 Å². The first-order valence-corrected chi connectivity index (χ1v) is 11.7. The molecular formula is C22H31N5O2S. The van der Waals surface area contributed by atoms with Crippen LogP contribution in [0, 0.1) is 0 Å². The quantitative estimate of drug-likeness (QED) is 0.564. The highest BCUT2D eigenvalue weighted by molar-refractivity contribution is 7.09. The molecule has 0 radical (unpaired) electrons. The van der Waals surface area contributed by atoms with Gasteiger partial charge in [0.2, 0.25) is 5.91 Å². The number of likely N-dealkylation sites (tertiary alicyclic amines) is 1. The number of rotatable bonds is 6. The van der Waals surface area contributed by atoms with E-state index in [-0.39, 0.29) is 11.9 Å². The number of nitrogens with zero attached hydrogens (tertiary/aromatic N) is 4. The Bertz CT molecular complexity index is 813. The van der Waals surface area contributed by atoms with Crippen molar-refractivity contribution in [2.75, 3.05) is 46.3 Å². The van der Waals surface area contributed by atoms with Crippen molar-refractivity contribution in [1.29, 1.82) is 0 Å². The van der Waals surface area contributed by atoms with E-state index < -0.39 is 0 Å². The fraction of sp³-hybridized carbons (Fsp3) is 0.545. The summed E-state index contributed by atoms with van der Waals surface area (Å²) in [6.45, 7) is 5.57. The highest BCUT2D eigenvalue weighted by Crippen LogP contribution is 2.18. The Labute approximate surface area is 182 Å². The molecule has 0 spiro atoms. The number of amides is 1. The summed E-state index contributed by atoms with van der Waals surface area (Å²) in [6, 6.07) is 8.15. The Kier molecular flexibility index (Phi) is 7.07. The van der Waals surface area contributed by atoms with E-state index in [4.69, 9.17) is 9.41 Å². The van der Waals surface area contributed by atoms with Crippen LogP contribution in [0.3, 0.4) is 0 Å². The van der Waals surface area contributed by atoms with E-state index in [1.807, 2.05) is 17.0 Å². The molecule has 1 amide bonds. The number of hydrogen-bond donors (Lipinski definition) is 1. The van der Waals surface area contributed by atoms with Gasteiger partial charge in [-0.05, 0) is 50.0 Å². The van der Waals surface area contributed by atoms with Gasteiger partial charge in [0, 0.05) is 44.0 Å². The molecule has 1 unspecified atom stereocenters. The summed E-state index contributed by atoms with van der Waals surface area (Å²) < 4.78 is 5.44. The number of likely N-dealkylation sites (N-methyl/N-ethyl adjacent to an activating group) is 1. The van der Waals surface area contributed by atoms with Crippen LogP contribution in [0.1, 0.15) is 23.5 Å². The van der Waals surface area contributed by atoms with Crippen LogP contribution < -0.4 is 5.32 Å². The van der Waals surface area contributed by atoms with Crippen molar-refractivity contribution in [2.45, 2.75) is 31.8 Å². The van der Waals surface area contributed by atoms with Crippen molar-refractivity contribution in [3.05, 3.63) is 46.5 Å². The largest absolute Gasteiger partial charge is 0.469 e. The Morgan fingerprint density at radius 3 is 2.70 bits per heavy atom. The first-order chi connectivity index (χ1) is 14.7. The summed E-state index contributed by atoms with van der Waals surface area (Å²) in [6.07, 6.45) is 4.63. The van der Waals surface area contributed by atoms with Gasteiger partial charge in [0.1, 0.15) is 5.76 Å². The predicted molar refractivity (Wildman–Crippen MR) is 120 cm³/mol. The molecule has 162 valence electrons. The van der Waals surface area contributed by atoms with Crippen molar-refractivity contribution in [3.8, 4) is 0 Å². The molecule has 1 atom stereocenters. The van der Waals surface area contributed by atoms with Crippen molar-refractivity contribution < 1.29 is 9.21 Å². The highest BCUT2D eigenvalue weighted by atomic mass is 32.1. The second-order valence-corrected chi connectivity index (χ2v) is 8.96. The number of nitrogens with one attached hydrogen (secondary N) is 1. The van der Waals surface area contributed by atoms with Crippen LogP contribution in [0.5, 0.6) is 0 Å². The first kappa shape index (κ1) is 20.9. The lowest BCUT2D eigenvalue weighted by Crippen LogP contribution is -2.56. The molecule has 4 heterocycles. The second kappa shape index (κ2) is 10.1. The summed E-state index contributed by atoms with van der Waals surface area (Å²) in [7, 11) is 2.06. The van der Waals surface area contributed by atoms with Gasteiger partial charge in [-0.2, -0.15) is 0 Å². The topological polar surface area (TPSA) is 64.3 Å². The van der Waals surface area contributed by atoms with Crippen molar-refractivity contribution in [2.24, 2.45) is 4.99 Å². The van der Waals surface area contributed by atoms with Crippen LogP contribution in [-0.2, 0) is 17.8 Å². The zero-order valence-corrected chi connectivity index (χ0v) is 18.4. The SMILES string of the molecule is CN1CCCC1C(=O)N1CCN(C(=NCc2cccs2)NCCc2ccco2)CC1. The van der Waals surface area contributed by atoms with E-state index in [1.165, 1.54) is 4.88 Å². The van der Waals surface area contributed by atoms with Gasteiger partial charge in [0.05, 0.1) is 18.8 Å². The molecule has 1 N–H and O–H groups in total. The first-order valence-electron chi connectivity index (χ1n) is 10.8. The summed E-state index contributed by atoms with van der Waals surface area (Å²) in [5.74, 6) is 2.17. The van der Waals surface area contributed by atoms with E-state index in [1.54, 1.807) is 17.6 Å². The van der Waals surface area contributed by atoms with Crippen LogP contribution in [0.4, 0.5) is 0 Å². The molecule has 0 saturated carbocycles. The van der Waals surface area contributed by atoms with Gasteiger partial charge in [-0.1, -0.05) is 6.07 Å². The number of piperazine rings is 1. The second-order valence-electron chi connectivity index (χ2n) is 7.93. The zero-order chi connectivity index (χ0) is 20.8. The van der Waals surface area contributed by atoms with Crippen LogP contribution in [-0.4, -0.2) is 78.9 Å². The maximum absolute atomic E-state index is 12.9. The number of carbonyl (C=O) groups excluding carboxylic acids is 1. The average Bonchev–Trinajstić information content (AvgIpc) is 3.53. The average molecular weight is 430 g/mol. The Morgan fingerprint density at radius 2 is 2.03 bits per heavy atom. The molecule has 2 aromatic heterocycles. The smallest absolute Gasteiger partial charge is 0.240 e. The number of carbonyl (C=O) groups is 1. The lowest BCUT2D eigenvalue weighted by molar-refractivity contribution is -0.136. The number of hydrogen-bond acceptors (Lipinski definition) is 5.